The van der Waals surface area contributed by atoms with Gasteiger partial charge in [-0.1, -0.05) is 94.4 Å². The molecular formula is C29H32Br2. The monoisotopic (exact) mass is 538 g/mol. The fourth-order valence-corrected chi connectivity index (χ4v) is 5.88. The van der Waals surface area contributed by atoms with Crippen LogP contribution >= 0.6 is 31.9 Å². The first kappa shape index (κ1) is 24.2. The van der Waals surface area contributed by atoms with E-state index in [9.17, 15) is 0 Å². The molecule has 0 bridgehead atoms. The topological polar surface area (TPSA) is 0 Å². The summed E-state index contributed by atoms with van der Waals surface area (Å²) in [6.45, 7) is 0. The zero-order chi connectivity index (χ0) is 22.1. The van der Waals surface area contributed by atoms with Gasteiger partial charge in [-0.05, 0) is 72.2 Å². The summed E-state index contributed by atoms with van der Waals surface area (Å²) in [7, 11) is 0. The summed E-state index contributed by atoms with van der Waals surface area (Å²) in [5.41, 5.74) is 7.52. The van der Waals surface area contributed by atoms with Gasteiger partial charge in [0, 0.05) is 27.2 Å². The Morgan fingerprint density at radius 2 is 1.03 bits per heavy atom. The van der Waals surface area contributed by atoms with Crippen molar-refractivity contribution in [2.75, 3.05) is 10.7 Å². The van der Waals surface area contributed by atoms with Crippen molar-refractivity contribution < 1.29 is 0 Å². The molecule has 0 radical (unpaired) electrons. The van der Waals surface area contributed by atoms with Gasteiger partial charge in [0.15, 0.2) is 0 Å². The highest BCUT2D eigenvalue weighted by molar-refractivity contribution is 9.09. The van der Waals surface area contributed by atoms with Crippen molar-refractivity contribution in [1.82, 2.24) is 0 Å². The molecule has 0 aromatic heterocycles. The lowest BCUT2D eigenvalue weighted by molar-refractivity contribution is 0.401. The number of rotatable bonds is 12. The average molecular weight is 540 g/mol. The Hall–Kier alpha value is -1.48. The molecule has 0 nitrogen and oxygen atoms in total. The first-order chi connectivity index (χ1) is 15.2. The third-order valence-electron chi connectivity index (χ3n) is 6.67. The molecule has 2 aromatic rings. The molecule has 0 spiro atoms. The molecule has 2 aromatic carbocycles. The maximum atomic E-state index is 5.81. The zero-order valence-corrected chi connectivity index (χ0v) is 21.5. The maximum Gasteiger partial charge on any atom is 0.0246 e. The highest BCUT2D eigenvalue weighted by atomic mass is 79.9. The second-order valence-corrected chi connectivity index (χ2v) is 10.2. The summed E-state index contributed by atoms with van der Waals surface area (Å²) in [6.07, 6.45) is 24.0. The lowest BCUT2D eigenvalue weighted by Gasteiger charge is -2.33. The van der Waals surface area contributed by atoms with E-state index in [1.165, 1.54) is 73.6 Å². The molecule has 0 fully saturated rings. The number of benzene rings is 2. The van der Waals surface area contributed by atoms with Gasteiger partial charge in [0.25, 0.3) is 0 Å². The molecule has 1 aliphatic rings. The highest BCUT2D eigenvalue weighted by Gasteiger charge is 2.42. The number of hydrogen-bond acceptors (Lipinski definition) is 0. The van der Waals surface area contributed by atoms with E-state index >= 15 is 0 Å². The molecule has 0 amide bonds. The molecule has 0 heterocycles. The van der Waals surface area contributed by atoms with Gasteiger partial charge in [-0.2, -0.15) is 0 Å². The Bertz CT molecular complexity index is 878. The molecular weight excluding hydrogens is 508 g/mol. The van der Waals surface area contributed by atoms with Crippen LogP contribution in [0, 0.1) is 24.7 Å². The van der Waals surface area contributed by atoms with Crippen LogP contribution in [0.1, 0.15) is 86.5 Å². The van der Waals surface area contributed by atoms with E-state index in [1.807, 2.05) is 0 Å². The molecule has 2 heteroatoms. The quantitative estimate of drug-likeness (QED) is 0.144. The van der Waals surface area contributed by atoms with Crippen LogP contribution in [0.3, 0.4) is 0 Å². The van der Waals surface area contributed by atoms with Gasteiger partial charge >= 0.3 is 0 Å². The van der Waals surface area contributed by atoms with E-state index in [2.05, 4.69) is 80.1 Å². The first-order valence-corrected chi connectivity index (χ1v) is 13.8. The molecule has 162 valence electrons. The van der Waals surface area contributed by atoms with E-state index in [4.69, 9.17) is 12.8 Å². The Kier molecular flexibility index (Phi) is 9.31. The van der Waals surface area contributed by atoms with E-state index in [1.54, 1.807) is 0 Å². The van der Waals surface area contributed by atoms with Crippen LogP contribution in [0.15, 0.2) is 36.4 Å². The molecule has 1 aliphatic carbocycles. The Labute approximate surface area is 205 Å². The van der Waals surface area contributed by atoms with Crippen LogP contribution in [0.5, 0.6) is 0 Å². The van der Waals surface area contributed by atoms with E-state index < -0.39 is 0 Å². The Morgan fingerprint density at radius 3 is 1.42 bits per heavy atom. The third kappa shape index (κ3) is 5.48. The van der Waals surface area contributed by atoms with Gasteiger partial charge in [0.1, 0.15) is 0 Å². The fraction of sp³-hybridized carbons (Fsp3) is 0.448. The predicted molar refractivity (Wildman–Crippen MR) is 142 cm³/mol. The van der Waals surface area contributed by atoms with E-state index in [-0.39, 0.29) is 5.41 Å². The molecule has 0 saturated carbocycles. The Balaban J connectivity index is 2.01. The van der Waals surface area contributed by atoms with Crippen LogP contribution in [-0.2, 0) is 5.41 Å². The van der Waals surface area contributed by atoms with Crippen LogP contribution in [-0.4, -0.2) is 10.7 Å². The summed E-state index contributed by atoms with van der Waals surface area (Å²) < 4.78 is 0. The summed E-state index contributed by atoms with van der Waals surface area (Å²) in [4.78, 5) is 0. The Morgan fingerprint density at radius 1 is 0.613 bits per heavy atom. The second kappa shape index (κ2) is 11.9. The average Bonchev–Trinajstić information content (AvgIpc) is 3.07. The highest BCUT2D eigenvalue weighted by Crippen LogP contribution is 2.54. The minimum atomic E-state index is 0.0210. The standard InChI is InChI=1S/C29H32Br2/c1-3-23-13-15-25-26-16-14-24(4-2)22-28(26)29(27(25)21-23,17-9-5-7-11-19-30)18-10-6-8-12-20-31/h1-2,13-16,21-22H,5-12,17-20H2. The predicted octanol–water partition coefficient (Wildman–Crippen LogP) is 8.61. The number of unbranched alkanes of at least 4 members (excludes halogenated alkanes) is 6. The van der Waals surface area contributed by atoms with Crippen molar-refractivity contribution in [3.05, 3.63) is 58.7 Å². The van der Waals surface area contributed by atoms with Gasteiger partial charge < -0.3 is 0 Å². The van der Waals surface area contributed by atoms with Gasteiger partial charge in [0.05, 0.1) is 0 Å². The summed E-state index contributed by atoms with van der Waals surface area (Å²) in [5.74, 6) is 5.74. The molecule has 3 rings (SSSR count). The molecule has 31 heavy (non-hydrogen) atoms. The molecule has 0 aliphatic heterocycles. The fourth-order valence-electron chi connectivity index (χ4n) is 5.09. The third-order valence-corrected chi connectivity index (χ3v) is 7.79. The molecule has 0 atom stereocenters. The lowest BCUT2D eigenvalue weighted by atomic mass is 9.70. The van der Waals surface area contributed by atoms with Crippen LogP contribution in [0.2, 0.25) is 0 Å². The molecule has 0 saturated heterocycles. The first-order valence-electron chi connectivity index (χ1n) is 11.5. The van der Waals surface area contributed by atoms with Crippen molar-refractivity contribution in [2.24, 2.45) is 0 Å². The number of alkyl halides is 2. The zero-order valence-electron chi connectivity index (χ0n) is 18.4. The number of halogens is 2. The van der Waals surface area contributed by atoms with Crippen molar-refractivity contribution in [2.45, 2.75) is 69.6 Å². The van der Waals surface area contributed by atoms with Crippen molar-refractivity contribution in [1.29, 1.82) is 0 Å². The lowest BCUT2D eigenvalue weighted by Crippen LogP contribution is -2.26. The number of hydrogen-bond donors (Lipinski definition) is 0. The van der Waals surface area contributed by atoms with Crippen molar-refractivity contribution in [3.63, 3.8) is 0 Å². The summed E-state index contributed by atoms with van der Waals surface area (Å²) >= 11 is 7.13. The SMILES string of the molecule is C#Cc1ccc2c(c1)C(CCCCCCBr)(CCCCCCBr)c1cc(C#C)ccc1-2. The van der Waals surface area contributed by atoms with Crippen molar-refractivity contribution >= 4 is 31.9 Å². The van der Waals surface area contributed by atoms with Crippen molar-refractivity contribution in [3.8, 4) is 35.8 Å². The van der Waals surface area contributed by atoms with Gasteiger partial charge in [-0.3, -0.25) is 0 Å². The minimum absolute atomic E-state index is 0.0210. The molecule has 0 N–H and O–H groups in total. The van der Waals surface area contributed by atoms with E-state index in [0.29, 0.717) is 0 Å². The molecule has 0 unspecified atom stereocenters. The van der Waals surface area contributed by atoms with Crippen LogP contribution in [0.4, 0.5) is 0 Å². The minimum Gasteiger partial charge on any atom is -0.115 e. The summed E-state index contributed by atoms with van der Waals surface area (Å²) in [5, 5.41) is 2.18. The smallest absolute Gasteiger partial charge is 0.0246 e. The number of terminal acetylenes is 2. The van der Waals surface area contributed by atoms with Gasteiger partial charge in [-0.25, -0.2) is 0 Å². The van der Waals surface area contributed by atoms with Crippen LogP contribution < -0.4 is 0 Å². The van der Waals surface area contributed by atoms with Gasteiger partial charge in [-0.15, -0.1) is 12.8 Å². The largest absolute Gasteiger partial charge is 0.115 e. The van der Waals surface area contributed by atoms with E-state index in [0.717, 1.165) is 34.6 Å². The summed E-state index contributed by atoms with van der Waals surface area (Å²) in [6, 6.07) is 13.2. The van der Waals surface area contributed by atoms with Crippen LogP contribution in [0.25, 0.3) is 11.1 Å². The second-order valence-electron chi connectivity index (χ2n) is 8.60. The maximum absolute atomic E-state index is 5.81. The number of fused-ring (bicyclic) bond motifs is 3. The van der Waals surface area contributed by atoms with Gasteiger partial charge in [0.2, 0.25) is 0 Å². The normalized spacial score (nSPS) is 13.3.